The molecule has 0 saturated carbocycles. The fourth-order valence-corrected chi connectivity index (χ4v) is 7.23. The van der Waals surface area contributed by atoms with Gasteiger partial charge in [0.2, 0.25) is 5.95 Å². The quantitative estimate of drug-likeness (QED) is 0.304. The summed E-state index contributed by atoms with van der Waals surface area (Å²) in [6, 6.07) is 13.1. The number of piperidine rings is 1. The highest BCUT2D eigenvalue weighted by Crippen LogP contribution is 2.23. The molecule has 3 fully saturated rings. The average molecular weight is 625 g/mol. The zero-order chi connectivity index (χ0) is 30.2. The molecule has 0 radical (unpaired) electrons. The van der Waals surface area contributed by atoms with Crippen LogP contribution in [-0.2, 0) is 34.2 Å². The first-order valence-electron chi connectivity index (χ1n) is 15.8. The average Bonchev–Trinajstić information content (AvgIpc) is 3.50. The van der Waals surface area contributed by atoms with Crippen LogP contribution in [0.1, 0.15) is 30.5 Å². The fourth-order valence-electron chi connectivity index (χ4n) is 5.96. The maximum atomic E-state index is 11.7. The van der Waals surface area contributed by atoms with Crippen molar-refractivity contribution in [3.8, 4) is 0 Å². The molecule has 0 amide bonds. The van der Waals surface area contributed by atoms with Crippen LogP contribution < -0.4 is 15.5 Å². The molecule has 0 spiro atoms. The highest BCUT2D eigenvalue weighted by atomic mass is 32.2. The van der Waals surface area contributed by atoms with Crippen molar-refractivity contribution in [2.24, 2.45) is 0 Å². The summed E-state index contributed by atoms with van der Waals surface area (Å²) in [6.45, 7) is 9.36. The number of hydrogen-bond donors (Lipinski definition) is 2. The topological polar surface area (TPSA) is 134 Å². The van der Waals surface area contributed by atoms with E-state index in [2.05, 4.69) is 72.0 Å². The normalized spacial score (nSPS) is 20.0. The molecule has 0 aliphatic carbocycles. The van der Waals surface area contributed by atoms with Crippen molar-refractivity contribution in [2.45, 2.75) is 44.9 Å². The molecule has 3 aliphatic rings. The Labute approximate surface area is 259 Å². The van der Waals surface area contributed by atoms with Gasteiger partial charge in [0.15, 0.2) is 9.84 Å². The second-order valence-corrected chi connectivity index (χ2v) is 14.2. The van der Waals surface area contributed by atoms with Gasteiger partial charge in [-0.3, -0.25) is 9.58 Å². The fraction of sp³-hybridized carbons (Fsp3) is 0.600. The van der Waals surface area contributed by atoms with Crippen molar-refractivity contribution >= 4 is 27.4 Å². The standard InChI is InChI=1S/C30H44N10O3S/c41-44(42)19-15-37(16-20-44)9-4-10-40-24-27(35-36-40)22-31-30-33-28(21-29(34-30)39-13-17-43-18-14-39)32-26-7-11-38(12-8-26)23-25-5-2-1-3-6-25/h1-3,5-6,21,24,26H,4,7-20,22-23H2,(H2,31,32,33,34). The van der Waals surface area contributed by atoms with Gasteiger partial charge in [0.1, 0.15) is 17.3 Å². The van der Waals surface area contributed by atoms with E-state index in [1.54, 1.807) is 0 Å². The number of sulfone groups is 1. The van der Waals surface area contributed by atoms with Crippen LogP contribution in [-0.4, -0.2) is 120 Å². The van der Waals surface area contributed by atoms with Crippen molar-refractivity contribution in [1.82, 2.24) is 34.8 Å². The van der Waals surface area contributed by atoms with Crippen LogP contribution in [0.15, 0.2) is 42.6 Å². The molecule has 14 heteroatoms. The van der Waals surface area contributed by atoms with Gasteiger partial charge in [-0.2, -0.15) is 9.97 Å². The number of nitrogens with one attached hydrogen (secondary N) is 2. The van der Waals surface area contributed by atoms with E-state index in [9.17, 15) is 8.42 Å². The van der Waals surface area contributed by atoms with Gasteiger partial charge in [0.25, 0.3) is 0 Å². The summed E-state index contributed by atoms with van der Waals surface area (Å²) in [4.78, 5) is 16.6. The van der Waals surface area contributed by atoms with Crippen molar-refractivity contribution in [3.05, 3.63) is 53.9 Å². The number of nitrogens with zero attached hydrogens (tertiary/aromatic N) is 8. The first kappa shape index (κ1) is 30.7. The second kappa shape index (κ2) is 14.6. The molecule has 3 aromatic rings. The Hall–Kier alpha value is -3.33. The molecule has 0 atom stereocenters. The van der Waals surface area contributed by atoms with E-state index in [0.29, 0.717) is 44.8 Å². The van der Waals surface area contributed by atoms with Gasteiger partial charge in [-0.1, -0.05) is 35.5 Å². The lowest BCUT2D eigenvalue weighted by Gasteiger charge is -2.33. The molecule has 2 aromatic heterocycles. The number of morpholine rings is 1. The molecule has 3 aliphatic heterocycles. The van der Waals surface area contributed by atoms with Gasteiger partial charge in [0.05, 0.1) is 37.5 Å². The molecule has 6 rings (SSSR count). The Morgan fingerprint density at radius 3 is 2.45 bits per heavy atom. The van der Waals surface area contributed by atoms with Crippen molar-refractivity contribution in [2.75, 3.05) is 86.1 Å². The van der Waals surface area contributed by atoms with Gasteiger partial charge in [0, 0.05) is 64.5 Å². The third kappa shape index (κ3) is 8.87. The van der Waals surface area contributed by atoms with E-state index in [4.69, 9.17) is 14.7 Å². The van der Waals surface area contributed by atoms with E-state index in [-0.39, 0.29) is 11.5 Å². The minimum absolute atomic E-state index is 0.256. The molecular weight excluding hydrogens is 580 g/mol. The number of hydrogen-bond acceptors (Lipinski definition) is 12. The van der Waals surface area contributed by atoms with E-state index in [1.807, 2.05) is 10.9 Å². The highest BCUT2D eigenvalue weighted by Gasteiger charge is 2.22. The van der Waals surface area contributed by atoms with Gasteiger partial charge in [-0.05, 0) is 31.4 Å². The third-order valence-electron chi connectivity index (χ3n) is 8.55. The summed E-state index contributed by atoms with van der Waals surface area (Å²) < 4.78 is 30.7. The van der Waals surface area contributed by atoms with Crippen molar-refractivity contribution < 1.29 is 13.2 Å². The molecule has 44 heavy (non-hydrogen) atoms. The number of likely N-dealkylation sites (tertiary alicyclic amines) is 1. The predicted octanol–water partition coefficient (Wildman–Crippen LogP) is 1.71. The maximum absolute atomic E-state index is 11.7. The highest BCUT2D eigenvalue weighted by molar-refractivity contribution is 7.91. The first-order valence-corrected chi connectivity index (χ1v) is 17.6. The van der Waals surface area contributed by atoms with Gasteiger partial charge in [-0.25, -0.2) is 8.42 Å². The summed E-state index contributed by atoms with van der Waals surface area (Å²) in [6.07, 6.45) is 4.96. The maximum Gasteiger partial charge on any atom is 0.226 e. The molecule has 1 aromatic carbocycles. The Morgan fingerprint density at radius 1 is 0.909 bits per heavy atom. The monoisotopic (exact) mass is 624 g/mol. The number of benzene rings is 1. The molecular formula is C30H44N10O3S. The van der Waals surface area contributed by atoms with E-state index >= 15 is 0 Å². The number of rotatable bonds is 12. The molecule has 5 heterocycles. The van der Waals surface area contributed by atoms with Crippen LogP contribution in [0.4, 0.5) is 17.6 Å². The zero-order valence-corrected chi connectivity index (χ0v) is 26.2. The Kier molecular flexibility index (Phi) is 10.2. The summed E-state index contributed by atoms with van der Waals surface area (Å²) in [5.74, 6) is 2.80. The summed E-state index contributed by atoms with van der Waals surface area (Å²) >= 11 is 0. The van der Waals surface area contributed by atoms with E-state index in [1.165, 1.54) is 5.56 Å². The van der Waals surface area contributed by atoms with Crippen LogP contribution in [0.5, 0.6) is 0 Å². The predicted molar refractivity (Wildman–Crippen MR) is 170 cm³/mol. The van der Waals surface area contributed by atoms with Crippen molar-refractivity contribution in [1.29, 1.82) is 0 Å². The molecule has 0 bridgehead atoms. The number of anilines is 3. The minimum Gasteiger partial charge on any atom is -0.378 e. The Bertz CT molecular complexity index is 1430. The summed E-state index contributed by atoms with van der Waals surface area (Å²) in [5, 5.41) is 15.7. The molecule has 238 valence electrons. The smallest absolute Gasteiger partial charge is 0.226 e. The lowest BCUT2D eigenvalue weighted by molar-refractivity contribution is 0.122. The summed E-state index contributed by atoms with van der Waals surface area (Å²) in [7, 11) is -2.85. The lowest BCUT2D eigenvalue weighted by atomic mass is 10.0. The number of aryl methyl sites for hydroxylation is 1. The van der Waals surface area contributed by atoms with Gasteiger partial charge >= 0.3 is 0 Å². The van der Waals surface area contributed by atoms with Crippen molar-refractivity contribution in [3.63, 3.8) is 0 Å². The zero-order valence-electron chi connectivity index (χ0n) is 25.4. The number of ether oxygens (including phenoxy) is 1. The summed E-state index contributed by atoms with van der Waals surface area (Å²) in [5.41, 5.74) is 2.17. The molecule has 0 unspecified atom stereocenters. The van der Waals surface area contributed by atoms with Crippen LogP contribution in [0.2, 0.25) is 0 Å². The minimum atomic E-state index is -2.85. The van der Waals surface area contributed by atoms with Crippen LogP contribution in [0.25, 0.3) is 0 Å². The van der Waals surface area contributed by atoms with E-state index < -0.39 is 9.84 Å². The third-order valence-corrected chi connectivity index (χ3v) is 10.2. The second-order valence-electron chi connectivity index (χ2n) is 11.9. The van der Waals surface area contributed by atoms with Crippen LogP contribution in [0, 0.1) is 0 Å². The Morgan fingerprint density at radius 2 is 1.68 bits per heavy atom. The van der Waals surface area contributed by atoms with Crippen LogP contribution in [0.3, 0.4) is 0 Å². The molecule has 3 saturated heterocycles. The van der Waals surface area contributed by atoms with Crippen LogP contribution >= 0.6 is 0 Å². The van der Waals surface area contributed by atoms with Gasteiger partial charge in [-0.15, -0.1) is 5.10 Å². The molecule has 13 nitrogen and oxygen atoms in total. The number of aromatic nitrogens is 5. The van der Waals surface area contributed by atoms with E-state index in [0.717, 1.165) is 82.4 Å². The van der Waals surface area contributed by atoms with Gasteiger partial charge < -0.3 is 25.2 Å². The lowest BCUT2D eigenvalue weighted by Crippen LogP contribution is -2.40. The SMILES string of the molecule is O=S1(=O)CCN(CCCn2cc(CNc3nc(NC4CCN(Cc5ccccc5)CC4)cc(N4CCOCC4)n3)nn2)CC1. The molecule has 2 N–H and O–H groups in total. The Balaban J connectivity index is 1.02. The largest absolute Gasteiger partial charge is 0.378 e. The first-order chi connectivity index (χ1) is 21.5.